The smallest absolute Gasteiger partial charge is 0.127 e. The van der Waals surface area contributed by atoms with Gasteiger partial charge in [-0.1, -0.05) is 65.5 Å². The number of aryl methyl sites for hydroxylation is 4. The molecule has 0 spiro atoms. The molecule has 0 saturated heterocycles. The van der Waals surface area contributed by atoms with Crippen molar-refractivity contribution in [1.82, 2.24) is 0 Å². The Morgan fingerprint density at radius 3 is 1.24 bits per heavy atom. The van der Waals surface area contributed by atoms with Crippen molar-refractivity contribution < 1.29 is 4.74 Å². The van der Waals surface area contributed by atoms with Crippen molar-refractivity contribution in [2.75, 3.05) is 0 Å². The molecule has 0 aliphatic carbocycles. The second kappa shape index (κ2) is 10.3. The van der Waals surface area contributed by atoms with Crippen LogP contribution in [0.4, 0.5) is 0 Å². The van der Waals surface area contributed by atoms with Gasteiger partial charge in [-0.25, -0.2) is 0 Å². The number of benzene rings is 2. The van der Waals surface area contributed by atoms with Gasteiger partial charge in [0, 0.05) is 0 Å². The minimum Gasteiger partial charge on any atom is -0.457 e. The third kappa shape index (κ3) is 5.63. The minimum atomic E-state index is 0.967. The molecular formula is C24H34O. The van der Waals surface area contributed by atoms with Gasteiger partial charge in [-0.15, -0.1) is 0 Å². The van der Waals surface area contributed by atoms with Gasteiger partial charge in [0.1, 0.15) is 11.5 Å². The zero-order valence-electron chi connectivity index (χ0n) is 16.5. The monoisotopic (exact) mass is 338 g/mol. The van der Waals surface area contributed by atoms with Crippen molar-refractivity contribution in [3.05, 3.63) is 58.7 Å². The Morgan fingerprint density at radius 1 is 0.520 bits per heavy atom. The molecule has 0 radical (unpaired) electrons. The topological polar surface area (TPSA) is 9.23 Å². The maximum absolute atomic E-state index is 6.22. The van der Waals surface area contributed by atoms with Gasteiger partial charge in [-0.3, -0.25) is 0 Å². The van der Waals surface area contributed by atoms with Crippen LogP contribution < -0.4 is 4.74 Å². The van der Waals surface area contributed by atoms with Crippen LogP contribution in [0, 0.1) is 0 Å². The molecule has 0 fully saturated rings. The largest absolute Gasteiger partial charge is 0.457 e. The Kier molecular flexibility index (Phi) is 8.04. The third-order valence-electron chi connectivity index (χ3n) is 4.67. The molecule has 2 aromatic rings. The van der Waals surface area contributed by atoms with Gasteiger partial charge in [0.25, 0.3) is 0 Å². The van der Waals surface area contributed by atoms with E-state index in [4.69, 9.17) is 4.74 Å². The highest BCUT2D eigenvalue weighted by molar-refractivity contribution is 5.41. The molecule has 0 unspecified atom stereocenters. The maximum Gasteiger partial charge on any atom is 0.127 e. The summed E-state index contributed by atoms with van der Waals surface area (Å²) in [4.78, 5) is 0. The summed E-state index contributed by atoms with van der Waals surface area (Å²) >= 11 is 0. The lowest BCUT2D eigenvalue weighted by Crippen LogP contribution is -1.97. The zero-order chi connectivity index (χ0) is 18.1. The normalized spacial score (nSPS) is 10.9. The van der Waals surface area contributed by atoms with Crippen molar-refractivity contribution >= 4 is 0 Å². The number of rotatable bonds is 10. The minimum absolute atomic E-state index is 0.967. The Balaban J connectivity index is 2.23. The molecule has 0 heterocycles. The van der Waals surface area contributed by atoms with Gasteiger partial charge in [0.15, 0.2) is 0 Å². The van der Waals surface area contributed by atoms with Crippen LogP contribution in [0.2, 0.25) is 0 Å². The molecule has 0 N–H and O–H groups in total. The maximum atomic E-state index is 6.22. The van der Waals surface area contributed by atoms with Crippen LogP contribution in [0.1, 0.15) is 75.6 Å². The summed E-state index contributed by atoms with van der Waals surface area (Å²) in [6, 6.07) is 13.2. The molecule has 2 aromatic carbocycles. The van der Waals surface area contributed by atoms with E-state index in [0.29, 0.717) is 0 Å². The molecule has 0 saturated carbocycles. The van der Waals surface area contributed by atoms with Gasteiger partial charge >= 0.3 is 0 Å². The Labute approximate surface area is 154 Å². The van der Waals surface area contributed by atoms with Crippen LogP contribution in [0.5, 0.6) is 11.5 Å². The van der Waals surface area contributed by atoms with E-state index in [0.717, 1.165) is 37.2 Å². The van der Waals surface area contributed by atoms with E-state index in [-0.39, 0.29) is 0 Å². The van der Waals surface area contributed by atoms with Gasteiger partial charge in [-0.2, -0.15) is 0 Å². The molecule has 2 rings (SSSR count). The first kappa shape index (κ1) is 19.6. The number of ether oxygens (including phenoxy) is 1. The SMILES string of the molecule is CCCc1ccc(Oc2ccc(CCC)c(CCC)c2)cc1CCC. The van der Waals surface area contributed by atoms with Crippen molar-refractivity contribution in [1.29, 1.82) is 0 Å². The third-order valence-corrected chi connectivity index (χ3v) is 4.67. The summed E-state index contributed by atoms with van der Waals surface area (Å²) in [5.41, 5.74) is 5.83. The molecule has 1 nitrogen and oxygen atoms in total. The standard InChI is InChI=1S/C24H34O/c1-5-9-19-13-15-23(17-21(19)11-7-3)25-24-16-14-20(10-6-2)22(18-24)12-8-4/h13-18H,5-12H2,1-4H3. The van der Waals surface area contributed by atoms with Gasteiger partial charge < -0.3 is 4.74 Å². The van der Waals surface area contributed by atoms with Crippen molar-refractivity contribution in [3.63, 3.8) is 0 Å². The zero-order valence-corrected chi connectivity index (χ0v) is 16.5. The van der Waals surface area contributed by atoms with E-state index in [9.17, 15) is 0 Å². The van der Waals surface area contributed by atoms with Crippen LogP contribution in [0.25, 0.3) is 0 Å². The fourth-order valence-corrected chi connectivity index (χ4v) is 3.50. The molecule has 0 atom stereocenters. The van der Waals surface area contributed by atoms with Crippen molar-refractivity contribution in [2.24, 2.45) is 0 Å². The van der Waals surface area contributed by atoms with E-state index in [1.54, 1.807) is 0 Å². The second-order valence-corrected chi connectivity index (χ2v) is 6.96. The number of hydrogen-bond donors (Lipinski definition) is 0. The second-order valence-electron chi connectivity index (χ2n) is 6.96. The first-order valence-electron chi connectivity index (χ1n) is 10.1. The summed E-state index contributed by atoms with van der Waals surface area (Å²) in [6.45, 7) is 8.97. The Hall–Kier alpha value is -1.76. The first-order valence-corrected chi connectivity index (χ1v) is 10.1. The van der Waals surface area contributed by atoms with Gasteiger partial charge in [0.2, 0.25) is 0 Å². The van der Waals surface area contributed by atoms with Crippen LogP contribution >= 0.6 is 0 Å². The Bertz CT molecular complexity index is 600. The summed E-state index contributed by atoms with van der Waals surface area (Å²) in [6.07, 6.45) is 9.29. The van der Waals surface area contributed by atoms with E-state index < -0.39 is 0 Å². The van der Waals surface area contributed by atoms with Gasteiger partial charge in [0.05, 0.1) is 0 Å². The van der Waals surface area contributed by atoms with Crippen LogP contribution in [-0.2, 0) is 25.7 Å². The molecule has 0 amide bonds. The highest BCUT2D eigenvalue weighted by atomic mass is 16.5. The highest BCUT2D eigenvalue weighted by Crippen LogP contribution is 2.28. The predicted molar refractivity (Wildman–Crippen MR) is 109 cm³/mol. The van der Waals surface area contributed by atoms with E-state index in [1.807, 2.05) is 0 Å². The average Bonchev–Trinajstić information content (AvgIpc) is 2.60. The summed E-state index contributed by atoms with van der Waals surface area (Å²) < 4.78 is 6.22. The predicted octanol–water partition coefficient (Wildman–Crippen LogP) is 7.29. The quantitative estimate of drug-likeness (QED) is 0.442. The number of hydrogen-bond acceptors (Lipinski definition) is 1. The first-order chi connectivity index (χ1) is 12.2. The van der Waals surface area contributed by atoms with Crippen molar-refractivity contribution in [2.45, 2.75) is 79.1 Å². The molecular weight excluding hydrogens is 304 g/mol. The van der Waals surface area contributed by atoms with E-state index in [1.165, 1.54) is 47.9 Å². The molecule has 136 valence electrons. The molecule has 0 aliphatic rings. The lowest BCUT2D eigenvalue weighted by molar-refractivity contribution is 0.480. The fraction of sp³-hybridized carbons (Fsp3) is 0.500. The summed E-state index contributed by atoms with van der Waals surface area (Å²) in [7, 11) is 0. The molecule has 0 aliphatic heterocycles. The lowest BCUT2D eigenvalue weighted by atomic mass is 9.99. The van der Waals surface area contributed by atoms with Crippen molar-refractivity contribution in [3.8, 4) is 11.5 Å². The van der Waals surface area contributed by atoms with Crippen LogP contribution in [0.15, 0.2) is 36.4 Å². The fourth-order valence-electron chi connectivity index (χ4n) is 3.50. The average molecular weight is 339 g/mol. The van der Waals surface area contributed by atoms with E-state index >= 15 is 0 Å². The molecule has 1 heteroatoms. The lowest BCUT2D eigenvalue weighted by Gasteiger charge is -2.14. The Morgan fingerprint density at radius 2 is 0.880 bits per heavy atom. The van der Waals surface area contributed by atoms with E-state index in [2.05, 4.69) is 64.1 Å². The molecule has 0 aromatic heterocycles. The molecule has 0 bridgehead atoms. The highest BCUT2D eigenvalue weighted by Gasteiger charge is 2.07. The molecule has 25 heavy (non-hydrogen) atoms. The van der Waals surface area contributed by atoms with Crippen LogP contribution in [-0.4, -0.2) is 0 Å². The van der Waals surface area contributed by atoms with Crippen LogP contribution in [0.3, 0.4) is 0 Å². The summed E-state index contributed by atoms with van der Waals surface area (Å²) in [5, 5.41) is 0. The summed E-state index contributed by atoms with van der Waals surface area (Å²) in [5.74, 6) is 1.93. The van der Waals surface area contributed by atoms with Gasteiger partial charge in [-0.05, 0) is 72.2 Å².